The molecule has 0 spiro atoms. The van der Waals surface area contributed by atoms with Crippen LogP contribution in [-0.4, -0.2) is 16.5 Å². The number of hydrogen-bond acceptors (Lipinski definition) is 4. The van der Waals surface area contributed by atoms with Crippen LogP contribution in [0.1, 0.15) is 21.5 Å². The van der Waals surface area contributed by atoms with Gasteiger partial charge in [0.25, 0.3) is 5.22 Å². The Morgan fingerprint density at radius 1 is 0.862 bits per heavy atom. The molecule has 0 saturated carbocycles. The molecule has 0 bridgehead atoms. The van der Waals surface area contributed by atoms with Crippen LogP contribution in [0.15, 0.2) is 88.5 Å². The van der Waals surface area contributed by atoms with E-state index in [0.717, 1.165) is 33.7 Å². The minimum absolute atomic E-state index is 0.0684. The summed E-state index contributed by atoms with van der Waals surface area (Å²) in [7, 11) is 0. The van der Waals surface area contributed by atoms with Gasteiger partial charge < -0.3 is 4.42 Å². The van der Waals surface area contributed by atoms with E-state index in [1.165, 1.54) is 17.3 Å². The average molecular weight is 400 g/mol. The Morgan fingerprint density at radius 3 is 2.17 bits per heavy atom. The zero-order valence-electron chi connectivity index (χ0n) is 16.4. The normalized spacial score (nSPS) is 10.8. The SMILES string of the molecule is Cc1ccc(C(=O)CSc2nc(-c3ccccc3)c(-c3ccccc3)o2)cc1C. The molecular weight excluding hydrogens is 378 g/mol. The van der Waals surface area contributed by atoms with Crippen LogP contribution in [0.2, 0.25) is 0 Å². The number of aryl methyl sites for hydroxylation is 2. The Hall–Kier alpha value is -3.11. The highest BCUT2D eigenvalue weighted by molar-refractivity contribution is 7.99. The summed E-state index contributed by atoms with van der Waals surface area (Å²) in [5.41, 5.74) is 5.77. The van der Waals surface area contributed by atoms with Crippen molar-refractivity contribution in [3.63, 3.8) is 0 Å². The van der Waals surface area contributed by atoms with Crippen LogP contribution in [0, 0.1) is 13.8 Å². The van der Waals surface area contributed by atoms with Crippen molar-refractivity contribution in [2.45, 2.75) is 19.1 Å². The van der Waals surface area contributed by atoms with Gasteiger partial charge in [0.15, 0.2) is 11.5 Å². The third-order valence-electron chi connectivity index (χ3n) is 4.85. The molecule has 1 heterocycles. The topological polar surface area (TPSA) is 43.1 Å². The zero-order valence-corrected chi connectivity index (χ0v) is 17.2. The molecule has 0 radical (unpaired) electrons. The number of carbonyl (C=O) groups excluding carboxylic acids is 1. The quantitative estimate of drug-likeness (QED) is 0.271. The molecule has 0 N–H and O–H groups in total. The van der Waals surface area contributed by atoms with Gasteiger partial charge in [-0.25, -0.2) is 4.98 Å². The lowest BCUT2D eigenvalue weighted by Gasteiger charge is -2.03. The van der Waals surface area contributed by atoms with Crippen LogP contribution in [-0.2, 0) is 0 Å². The number of aromatic nitrogens is 1. The third-order valence-corrected chi connectivity index (χ3v) is 5.67. The monoisotopic (exact) mass is 399 g/mol. The molecule has 1 aromatic heterocycles. The van der Waals surface area contributed by atoms with Crippen LogP contribution < -0.4 is 0 Å². The summed E-state index contributed by atoms with van der Waals surface area (Å²) in [6.07, 6.45) is 0. The highest BCUT2D eigenvalue weighted by atomic mass is 32.2. The zero-order chi connectivity index (χ0) is 20.2. The molecule has 0 atom stereocenters. The molecule has 0 aliphatic rings. The molecule has 0 aliphatic heterocycles. The average Bonchev–Trinajstić information content (AvgIpc) is 3.19. The van der Waals surface area contributed by atoms with Crippen molar-refractivity contribution >= 4 is 17.5 Å². The van der Waals surface area contributed by atoms with Gasteiger partial charge in [-0.2, -0.15) is 0 Å². The predicted octanol–water partition coefficient (Wildman–Crippen LogP) is 6.60. The van der Waals surface area contributed by atoms with Crippen LogP contribution in [0.3, 0.4) is 0 Å². The second-order valence-corrected chi connectivity index (χ2v) is 7.83. The molecule has 4 rings (SSSR count). The second-order valence-electron chi connectivity index (χ2n) is 6.90. The van der Waals surface area contributed by atoms with Crippen molar-refractivity contribution in [1.82, 2.24) is 4.98 Å². The summed E-state index contributed by atoms with van der Waals surface area (Å²) < 4.78 is 6.08. The molecule has 0 saturated heterocycles. The van der Waals surface area contributed by atoms with E-state index < -0.39 is 0 Å². The Labute approximate surface area is 174 Å². The van der Waals surface area contributed by atoms with Crippen molar-refractivity contribution in [3.8, 4) is 22.6 Å². The number of carbonyl (C=O) groups is 1. The maximum absolute atomic E-state index is 12.6. The predicted molar refractivity (Wildman–Crippen MR) is 118 cm³/mol. The molecule has 3 nitrogen and oxygen atoms in total. The van der Waals surface area contributed by atoms with E-state index in [1.54, 1.807) is 0 Å². The van der Waals surface area contributed by atoms with Crippen LogP contribution in [0.25, 0.3) is 22.6 Å². The first-order valence-electron chi connectivity index (χ1n) is 9.47. The largest absolute Gasteiger partial charge is 0.431 e. The number of benzene rings is 3. The van der Waals surface area contributed by atoms with Gasteiger partial charge in [-0.1, -0.05) is 84.6 Å². The molecule has 0 fully saturated rings. The van der Waals surface area contributed by atoms with E-state index in [0.29, 0.717) is 5.22 Å². The van der Waals surface area contributed by atoms with Crippen molar-refractivity contribution in [2.24, 2.45) is 0 Å². The summed E-state index contributed by atoms with van der Waals surface area (Å²) in [5, 5.41) is 0.500. The van der Waals surface area contributed by atoms with Gasteiger partial charge in [0.1, 0.15) is 5.69 Å². The Morgan fingerprint density at radius 2 is 1.52 bits per heavy atom. The molecule has 3 aromatic carbocycles. The number of ketones is 1. The number of Topliss-reactive ketones (excluding diaryl/α,β-unsaturated/α-hetero) is 1. The smallest absolute Gasteiger partial charge is 0.257 e. The minimum Gasteiger partial charge on any atom is -0.431 e. The Balaban J connectivity index is 1.60. The first-order chi connectivity index (χ1) is 14.1. The van der Waals surface area contributed by atoms with Gasteiger partial charge in [0.2, 0.25) is 0 Å². The molecular formula is C25H21NO2S. The van der Waals surface area contributed by atoms with Crippen molar-refractivity contribution in [3.05, 3.63) is 95.6 Å². The number of oxazole rings is 1. The Kier molecular flexibility index (Phi) is 5.63. The first-order valence-corrected chi connectivity index (χ1v) is 10.5. The molecule has 29 heavy (non-hydrogen) atoms. The fourth-order valence-corrected chi connectivity index (χ4v) is 3.78. The van der Waals surface area contributed by atoms with E-state index in [-0.39, 0.29) is 11.5 Å². The van der Waals surface area contributed by atoms with E-state index in [4.69, 9.17) is 9.40 Å². The van der Waals surface area contributed by atoms with Crippen molar-refractivity contribution in [1.29, 1.82) is 0 Å². The number of nitrogens with zero attached hydrogens (tertiary/aromatic N) is 1. The van der Waals surface area contributed by atoms with Crippen molar-refractivity contribution < 1.29 is 9.21 Å². The van der Waals surface area contributed by atoms with Gasteiger partial charge in [0.05, 0.1) is 5.75 Å². The molecule has 4 aromatic rings. The van der Waals surface area contributed by atoms with Gasteiger partial charge in [-0.3, -0.25) is 4.79 Å². The highest BCUT2D eigenvalue weighted by Crippen LogP contribution is 2.35. The number of thioether (sulfide) groups is 1. The molecule has 0 unspecified atom stereocenters. The second kappa shape index (κ2) is 8.50. The molecule has 4 heteroatoms. The highest BCUT2D eigenvalue weighted by Gasteiger charge is 2.18. The van der Waals surface area contributed by atoms with Gasteiger partial charge >= 0.3 is 0 Å². The summed E-state index contributed by atoms with van der Waals surface area (Å²) in [4.78, 5) is 17.3. The van der Waals surface area contributed by atoms with Gasteiger partial charge in [-0.15, -0.1) is 0 Å². The Bertz CT molecular complexity index is 1080. The fraction of sp³-hybridized carbons (Fsp3) is 0.120. The van der Waals surface area contributed by atoms with Gasteiger partial charge in [-0.05, 0) is 31.0 Å². The standard InChI is InChI=1S/C25H21NO2S/c1-17-13-14-21(15-18(17)2)22(27)16-29-25-26-23(19-9-5-3-6-10-19)24(28-25)20-11-7-4-8-12-20/h3-15H,16H2,1-2H3. The summed E-state index contributed by atoms with van der Waals surface area (Å²) in [5.74, 6) is 1.07. The lowest BCUT2D eigenvalue weighted by molar-refractivity contribution is 0.102. The van der Waals surface area contributed by atoms with E-state index in [1.807, 2.05) is 92.7 Å². The third kappa shape index (κ3) is 4.33. The first kappa shape index (κ1) is 19.2. The van der Waals surface area contributed by atoms with E-state index in [9.17, 15) is 4.79 Å². The van der Waals surface area contributed by atoms with Crippen molar-refractivity contribution in [2.75, 3.05) is 5.75 Å². The lowest BCUT2D eigenvalue weighted by atomic mass is 10.0. The summed E-state index contributed by atoms with van der Waals surface area (Å²) in [6.45, 7) is 4.06. The lowest BCUT2D eigenvalue weighted by Crippen LogP contribution is -2.03. The summed E-state index contributed by atoms with van der Waals surface area (Å²) >= 11 is 1.33. The minimum atomic E-state index is 0.0684. The van der Waals surface area contributed by atoms with Crippen LogP contribution in [0.4, 0.5) is 0 Å². The number of hydrogen-bond donors (Lipinski definition) is 0. The van der Waals surface area contributed by atoms with E-state index >= 15 is 0 Å². The van der Waals surface area contributed by atoms with E-state index in [2.05, 4.69) is 0 Å². The van der Waals surface area contributed by atoms with Crippen LogP contribution in [0.5, 0.6) is 0 Å². The molecule has 0 amide bonds. The van der Waals surface area contributed by atoms with Gasteiger partial charge in [0, 0.05) is 16.7 Å². The maximum Gasteiger partial charge on any atom is 0.257 e. The fourth-order valence-electron chi connectivity index (χ4n) is 3.06. The number of rotatable bonds is 6. The maximum atomic E-state index is 12.6. The van der Waals surface area contributed by atoms with Crippen LogP contribution >= 0.6 is 11.8 Å². The summed E-state index contributed by atoms with van der Waals surface area (Å²) in [6, 6.07) is 25.7. The molecule has 0 aliphatic carbocycles. The molecule has 144 valence electrons.